The van der Waals surface area contributed by atoms with Crippen molar-refractivity contribution in [3.05, 3.63) is 0 Å². The molecule has 2 atom stereocenters. The summed E-state index contributed by atoms with van der Waals surface area (Å²) in [7, 11) is 3.74. The van der Waals surface area contributed by atoms with Gasteiger partial charge in [-0.3, -0.25) is 0 Å². The number of likely N-dealkylation sites (N-methyl/N-ethyl adjacent to an activating group) is 1. The lowest BCUT2D eigenvalue weighted by atomic mass is 9.91. The number of rotatable bonds is 5. The fourth-order valence-corrected chi connectivity index (χ4v) is 1.14. The van der Waals surface area contributed by atoms with Crippen LogP contribution in [0.1, 0.15) is 20.8 Å². The second-order valence-corrected chi connectivity index (χ2v) is 3.45. The molecule has 2 unspecified atom stereocenters. The smallest absolute Gasteiger partial charge is 0.0618 e. The van der Waals surface area contributed by atoms with Crippen molar-refractivity contribution in [2.24, 2.45) is 11.8 Å². The van der Waals surface area contributed by atoms with Gasteiger partial charge in [-0.15, -0.1) is 0 Å². The molecule has 1 N–H and O–H groups in total. The van der Waals surface area contributed by atoms with Crippen LogP contribution in [0.2, 0.25) is 0 Å². The molecular formula is C9H21NO. The fourth-order valence-electron chi connectivity index (χ4n) is 1.14. The molecule has 68 valence electrons. The van der Waals surface area contributed by atoms with Gasteiger partial charge in [0, 0.05) is 13.2 Å². The Bertz CT molecular complexity index is 93.6. The zero-order valence-corrected chi connectivity index (χ0v) is 8.35. The van der Waals surface area contributed by atoms with Gasteiger partial charge in [0.1, 0.15) is 0 Å². The van der Waals surface area contributed by atoms with Gasteiger partial charge in [-0.05, 0) is 18.9 Å². The lowest BCUT2D eigenvalue weighted by Gasteiger charge is -2.25. The van der Waals surface area contributed by atoms with Gasteiger partial charge in [-0.25, -0.2) is 0 Å². The van der Waals surface area contributed by atoms with E-state index >= 15 is 0 Å². The Morgan fingerprint density at radius 2 is 1.82 bits per heavy atom. The van der Waals surface area contributed by atoms with Gasteiger partial charge in [0.25, 0.3) is 0 Å². The first-order valence-corrected chi connectivity index (χ1v) is 4.29. The van der Waals surface area contributed by atoms with Gasteiger partial charge in [-0.1, -0.05) is 20.8 Å². The van der Waals surface area contributed by atoms with Gasteiger partial charge in [0.15, 0.2) is 0 Å². The van der Waals surface area contributed by atoms with Gasteiger partial charge in [-0.2, -0.15) is 0 Å². The number of ether oxygens (including phenoxy) is 1. The van der Waals surface area contributed by atoms with E-state index in [1.165, 1.54) is 0 Å². The van der Waals surface area contributed by atoms with Crippen molar-refractivity contribution >= 4 is 0 Å². The Morgan fingerprint density at radius 1 is 1.27 bits per heavy atom. The van der Waals surface area contributed by atoms with Crippen LogP contribution in [0.15, 0.2) is 0 Å². The summed E-state index contributed by atoms with van der Waals surface area (Å²) in [6, 6.07) is 0.486. The minimum Gasteiger partial charge on any atom is -0.383 e. The van der Waals surface area contributed by atoms with Gasteiger partial charge >= 0.3 is 0 Å². The van der Waals surface area contributed by atoms with E-state index in [1.807, 2.05) is 7.05 Å². The molecule has 2 nitrogen and oxygen atoms in total. The summed E-state index contributed by atoms with van der Waals surface area (Å²) in [6.45, 7) is 7.54. The van der Waals surface area contributed by atoms with Gasteiger partial charge in [0.05, 0.1) is 6.61 Å². The first-order valence-electron chi connectivity index (χ1n) is 4.29. The Labute approximate surface area is 70.3 Å². The highest BCUT2D eigenvalue weighted by atomic mass is 16.5. The topological polar surface area (TPSA) is 21.3 Å². The maximum Gasteiger partial charge on any atom is 0.0618 e. The Morgan fingerprint density at radius 3 is 2.09 bits per heavy atom. The minimum absolute atomic E-state index is 0.486. The molecule has 0 aromatic carbocycles. The first-order chi connectivity index (χ1) is 5.13. The molecule has 0 spiro atoms. The van der Waals surface area contributed by atoms with E-state index in [-0.39, 0.29) is 0 Å². The summed E-state index contributed by atoms with van der Waals surface area (Å²) in [6.07, 6.45) is 0. The highest BCUT2D eigenvalue weighted by Gasteiger charge is 2.17. The Hall–Kier alpha value is -0.0800. The molecule has 0 aliphatic rings. The molecule has 2 heteroatoms. The predicted molar refractivity (Wildman–Crippen MR) is 48.7 cm³/mol. The number of methoxy groups -OCH3 is 1. The summed E-state index contributed by atoms with van der Waals surface area (Å²) in [5.41, 5.74) is 0. The quantitative estimate of drug-likeness (QED) is 0.656. The van der Waals surface area contributed by atoms with E-state index in [0.717, 1.165) is 6.61 Å². The van der Waals surface area contributed by atoms with Crippen LogP contribution in [0.4, 0.5) is 0 Å². The molecule has 0 saturated heterocycles. The molecule has 0 aromatic heterocycles. The molecule has 0 aliphatic heterocycles. The van der Waals surface area contributed by atoms with E-state index in [1.54, 1.807) is 7.11 Å². The van der Waals surface area contributed by atoms with Crippen LogP contribution in [-0.2, 0) is 4.74 Å². The Kier molecular flexibility index (Phi) is 5.51. The van der Waals surface area contributed by atoms with E-state index < -0.39 is 0 Å². The molecule has 0 rings (SSSR count). The first kappa shape index (κ1) is 10.9. The normalized spacial score (nSPS) is 16.9. The average Bonchev–Trinajstić information content (AvgIpc) is 1.98. The molecule has 0 fully saturated rings. The molecule has 0 bridgehead atoms. The fraction of sp³-hybridized carbons (Fsp3) is 1.00. The second kappa shape index (κ2) is 5.56. The third kappa shape index (κ3) is 3.73. The minimum atomic E-state index is 0.486. The van der Waals surface area contributed by atoms with Crippen molar-refractivity contribution in [2.75, 3.05) is 20.8 Å². The van der Waals surface area contributed by atoms with Crippen LogP contribution in [0.25, 0.3) is 0 Å². The summed E-state index contributed by atoms with van der Waals surface area (Å²) in [4.78, 5) is 0. The van der Waals surface area contributed by atoms with Crippen molar-refractivity contribution < 1.29 is 4.74 Å². The summed E-state index contributed by atoms with van der Waals surface area (Å²) >= 11 is 0. The third-order valence-electron chi connectivity index (χ3n) is 2.40. The molecule has 0 heterocycles. The molecular weight excluding hydrogens is 138 g/mol. The van der Waals surface area contributed by atoms with Crippen LogP contribution in [0, 0.1) is 11.8 Å². The standard InChI is InChI=1S/C9H21NO/c1-7(2)8(3)9(10-4)6-11-5/h7-10H,6H2,1-5H3. The van der Waals surface area contributed by atoms with E-state index in [4.69, 9.17) is 4.74 Å². The third-order valence-corrected chi connectivity index (χ3v) is 2.40. The van der Waals surface area contributed by atoms with Crippen LogP contribution in [0.5, 0.6) is 0 Å². The summed E-state index contributed by atoms with van der Waals surface area (Å²) in [5.74, 6) is 1.38. The van der Waals surface area contributed by atoms with Gasteiger partial charge in [0.2, 0.25) is 0 Å². The molecule has 0 aromatic rings. The van der Waals surface area contributed by atoms with E-state index in [9.17, 15) is 0 Å². The Balaban J connectivity index is 3.81. The van der Waals surface area contributed by atoms with E-state index in [2.05, 4.69) is 26.1 Å². The van der Waals surface area contributed by atoms with Crippen LogP contribution in [-0.4, -0.2) is 26.8 Å². The van der Waals surface area contributed by atoms with Crippen molar-refractivity contribution in [3.63, 3.8) is 0 Å². The predicted octanol–water partition coefficient (Wildman–Crippen LogP) is 1.51. The van der Waals surface area contributed by atoms with Crippen LogP contribution >= 0.6 is 0 Å². The van der Waals surface area contributed by atoms with Gasteiger partial charge < -0.3 is 10.1 Å². The highest BCUT2D eigenvalue weighted by Crippen LogP contribution is 2.14. The maximum absolute atomic E-state index is 5.10. The molecule has 0 radical (unpaired) electrons. The van der Waals surface area contributed by atoms with Crippen molar-refractivity contribution in [1.82, 2.24) is 5.32 Å². The van der Waals surface area contributed by atoms with Crippen molar-refractivity contribution in [1.29, 1.82) is 0 Å². The van der Waals surface area contributed by atoms with Crippen molar-refractivity contribution in [3.8, 4) is 0 Å². The van der Waals surface area contributed by atoms with Crippen molar-refractivity contribution in [2.45, 2.75) is 26.8 Å². The maximum atomic E-state index is 5.10. The molecule has 0 amide bonds. The zero-order valence-electron chi connectivity index (χ0n) is 8.35. The molecule has 0 saturated carbocycles. The molecule has 11 heavy (non-hydrogen) atoms. The zero-order chi connectivity index (χ0) is 8.85. The second-order valence-electron chi connectivity index (χ2n) is 3.45. The molecule has 0 aliphatic carbocycles. The largest absolute Gasteiger partial charge is 0.383 e. The number of hydrogen-bond acceptors (Lipinski definition) is 2. The lowest BCUT2D eigenvalue weighted by molar-refractivity contribution is 0.134. The monoisotopic (exact) mass is 159 g/mol. The van der Waals surface area contributed by atoms with Crippen LogP contribution < -0.4 is 5.32 Å². The highest BCUT2D eigenvalue weighted by molar-refractivity contribution is 4.73. The number of hydrogen-bond donors (Lipinski definition) is 1. The lowest BCUT2D eigenvalue weighted by Crippen LogP contribution is -2.38. The SMILES string of the molecule is CNC(COC)C(C)C(C)C. The number of nitrogens with one attached hydrogen (secondary N) is 1. The average molecular weight is 159 g/mol. The van der Waals surface area contributed by atoms with Crippen LogP contribution in [0.3, 0.4) is 0 Å². The summed E-state index contributed by atoms with van der Waals surface area (Å²) < 4.78 is 5.10. The van der Waals surface area contributed by atoms with E-state index in [0.29, 0.717) is 17.9 Å². The summed E-state index contributed by atoms with van der Waals surface area (Å²) in [5, 5.41) is 3.26.